The lowest BCUT2D eigenvalue weighted by molar-refractivity contribution is 0.424. The van der Waals surface area contributed by atoms with E-state index in [1.54, 1.807) is 6.20 Å². The van der Waals surface area contributed by atoms with Crippen LogP contribution in [0.3, 0.4) is 0 Å². The van der Waals surface area contributed by atoms with Crippen molar-refractivity contribution < 1.29 is 4.52 Å². The van der Waals surface area contributed by atoms with Gasteiger partial charge >= 0.3 is 6.01 Å². The molecule has 0 atom stereocenters. The molecule has 0 amide bonds. The zero-order chi connectivity index (χ0) is 9.80. The van der Waals surface area contributed by atoms with E-state index < -0.39 is 0 Å². The zero-order valence-electron chi connectivity index (χ0n) is 7.34. The lowest BCUT2D eigenvalue weighted by Gasteiger charge is -1.92. The Hall–Kier alpha value is -1.95. The van der Waals surface area contributed by atoms with Gasteiger partial charge < -0.3 is 4.52 Å². The lowest BCUT2D eigenvalue weighted by atomic mass is 10.3. The number of pyridine rings is 1. The van der Waals surface area contributed by atoms with Crippen LogP contribution in [0, 0.1) is 0 Å². The van der Waals surface area contributed by atoms with Gasteiger partial charge in [-0.2, -0.15) is 4.98 Å². The molecule has 0 aromatic carbocycles. The van der Waals surface area contributed by atoms with Crippen molar-refractivity contribution in [1.82, 2.24) is 15.1 Å². The van der Waals surface area contributed by atoms with Gasteiger partial charge in [-0.05, 0) is 12.1 Å². The number of nitrogens with one attached hydrogen (secondary N) is 1. The van der Waals surface area contributed by atoms with Crippen LogP contribution in [0.5, 0.6) is 0 Å². The summed E-state index contributed by atoms with van der Waals surface area (Å²) in [7, 11) is 0. The first-order valence-corrected chi connectivity index (χ1v) is 4.07. The fraction of sp³-hybridized carbons (Fsp3) is 0.125. The average molecular weight is 191 g/mol. The van der Waals surface area contributed by atoms with E-state index in [0.29, 0.717) is 12.2 Å². The summed E-state index contributed by atoms with van der Waals surface area (Å²) in [6.45, 7) is 0. The number of nitrogens with zero attached hydrogens (tertiary/aromatic N) is 3. The van der Waals surface area contributed by atoms with E-state index in [-0.39, 0.29) is 6.01 Å². The van der Waals surface area contributed by atoms with Gasteiger partial charge in [-0.1, -0.05) is 11.2 Å². The standard InChI is InChI=1S/C8H9N5O/c9-12-8-11-7(13-14-8)5-6-3-1-2-4-10-6/h1-4H,5,9H2,(H,11,12,13). The summed E-state index contributed by atoms with van der Waals surface area (Å²) in [6.07, 6.45) is 2.25. The van der Waals surface area contributed by atoms with Crippen LogP contribution in [0.1, 0.15) is 11.5 Å². The van der Waals surface area contributed by atoms with Crippen molar-refractivity contribution in [2.45, 2.75) is 6.42 Å². The molecule has 0 bridgehead atoms. The molecule has 0 aliphatic heterocycles. The van der Waals surface area contributed by atoms with Crippen molar-refractivity contribution in [3.05, 3.63) is 35.9 Å². The molecule has 0 aliphatic carbocycles. The molecule has 2 heterocycles. The smallest absolute Gasteiger partial charge is 0.314 e. The maximum absolute atomic E-state index is 5.09. The fourth-order valence-corrected chi connectivity index (χ4v) is 1.05. The van der Waals surface area contributed by atoms with Gasteiger partial charge in [0.15, 0.2) is 5.82 Å². The predicted molar refractivity (Wildman–Crippen MR) is 49.2 cm³/mol. The van der Waals surface area contributed by atoms with Crippen LogP contribution >= 0.6 is 0 Å². The van der Waals surface area contributed by atoms with Crippen molar-refractivity contribution in [3.8, 4) is 0 Å². The van der Waals surface area contributed by atoms with Crippen molar-refractivity contribution in [2.75, 3.05) is 5.43 Å². The molecule has 6 nitrogen and oxygen atoms in total. The third-order valence-electron chi connectivity index (χ3n) is 1.66. The van der Waals surface area contributed by atoms with Crippen LogP contribution in [0.2, 0.25) is 0 Å². The van der Waals surface area contributed by atoms with E-state index in [2.05, 4.69) is 20.6 Å². The minimum atomic E-state index is 0.205. The van der Waals surface area contributed by atoms with Gasteiger partial charge in [-0.25, -0.2) is 5.84 Å². The molecule has 0 fully saturated rings. The average Bonchev–Trinajstić information content (AvgIpc) is 2.67. The number of hydrogen-bond acceptors (Lipinski definition) is 6. The van der Waals surface area contributed by atoms with Gasteiger partial charge in [-0.15, -0.1) is 0 Å². The highest BCUT2D eigenvalue weighted by atomic mass is 16.5. The minimum absolute atomic E-state index is 0.205. The van der Waals surface area contributed by atoms with E-state index in [9.17, 15) is 0 Å². The monoisotopic (exact) mass is 191 g/mol. The summed E-state index contributed by atoms with van der Waals surface area (Å²) in [5.41, 5.74) is 3.16. The zero-order valence-corrected chi connectivity index (χ0v) is 7.34. The summed E-state index contributed by atoms with van der Waals surface area (Å²) in [4.78, 5) is 8.11. The molecule has 2 aromatic rings. The maximum Gasteiger partial charge on any atom is 0.335 e. The Kier molecular flexibility index (Phi) is 2.37. The molecule has 0 saturated heterocycles. The van der Waals surface area contributed by atoms with Crippen LogP contribution in [-0.2, 0) is 6.42 Å². The van der Waals surface area contributed by atoms with Gasteiger partial charge in [0.2, 0.25) is 0 Å². The van der Waals surface area contributed by atoms with E-state index in [1.807, 2.05) is 18.2 Å². The topological polar surface area (TPSA) is 89.9 Å². The largest absolute Gasteiger partial charge is 0.335 e. The van der Waals surface area contributed by atoms with Gasteiger partial charge in [0.05, 0.1) is 6.42 Å². The number of rotatable bonds is 3. The van der Waals surface area contributed by atoms with Crippen LogP contribution in [0.15, 0.2) is 28.9 Å². The molecule has 0 saturated carbocycles. The Morgan fingerprint density at radius 1 is 1.43 bits per heavy atom. The third kappa shape index (κ3) is 1.86. The summed E-state index contributed by atoms with van der Waals surface area (Å²) >= 11 is 0. The van der Waals surface area contributed by atoms with Gasteiger partial charge in [0, 0.05) is 11.9 Å². The molecule has 72 valence electrons. The molecule has 2 aromatic heterocycles. The van der Waals surface area contributed by atoms with Crippen molar-refractivity contribution >= 4 is 6.01 Å². The van der Waals surface area contributed by atoms with Crippen molar-refractivity contribution in [3.63, 3.8) is 0 Å². The summed E-state index contributed by atoms with van der Waals surface area (Å²) < 4.78 is 4.76. The first-order chi connectivity index (χ1) is 6.88. The number of aromatic nitrogens is 3. The highest BCUT2D eigenvalue weighted by Crippen LogP contribution is 2.05. The maximum atomic E-state index is 5.09. The van der Waals surface area contributed by atoms with E-state index in [1.165, 1.54) is 0 Å². The second-order valence-electron chi connectivity index (χ2n) is 2.66. The number of hydrogen-bond donors (Lipinski definition) is 2. The van der Waals surface area contributed by atoms with Crippen LogP contribution < -0.4 is 11.3 Å². The number of nitrogen functional groups attached to an aromatic ring is 1. The van der Waals surface area contributed by atoms with E-state index in [4.69, 9.17) is 10.4 Å². The van der Waals surface area contributed by atoms with Crippen LogP contribution in [0.25, 0.3) is 0 Å². The second-order valence-corrected chi connectivity index (χ2v) is 2.66. The second kappa shape index (κ2) is 3.84. The first-order valence-electron chi connectivity index (χ1n) is 4.07. The number of hydrazine groups is 1. The molecule has 6 heteroatoms. The Morgan fingerprint density at radius 2 is 2.36 bits per heavy atom. The number of anilines is 1. The predicted octanol–water partition coefficient (Wildman–Crippen LogP) is 0.341. The normalized spacial score (nSPS) is 10.1. The molecule has 0 radical (unpaired) electrons. The molecule has 0 aliphatic rings. The molecule has 3 N–H and O–H groups in total. The summed E-state index contributed by atoms with van der Waals surface area (Å²) in [5.74, 6) is 5.65. The Labute approximate surface area is 80.1 Å². The fourth-order valence-electron chi connectivity index (χ4n) is 1.05. The van der Waals surface area contributed by atoms with Gasteiger partial charge in [0.25, 0.3) is 0 Å². The van der Waals surface area contributed by atoms with Crippen LogP contribution in [0.4, 0.5) is 6.01 Å². The van der Waals surface area contributed by atoms with Crippen molar-refractivity contribution in [2.24, 2.45) is 5.84 Å². The highest BCUT2D eigenvalue weighted by molar-refractivity contribution is 5.17. The Morgan fingerprint density at radius 3 is 3.00 bits per heavy atom. The van der Waals surface area contributed by atoms with E-state index in [0.717, 1.165) is 5.69 Å². The van der Waals surface area contributed by atoms with Gasteiger partial charge in [0.1, 0.15) is 0 Å². The third-order valence-corrected chi connectivity index (χ3v) is 1.66. The lowest BCUT2D eigenvalue weighted by Crippen LogP contribution is -2.06. The minimum Gasteiger partial charge on any atom is -0.314 e. The Bertz CT molecular complexity index is 399. The molecule has 2 rings (SSSR count). The SMILES string of the molecule is NNc1nc(Cc2ccccn2)no1. The molecular formula is C8H9N5O. The van der Waals surface area contributed by atoms with E-state index >= 15 is 0 Å². The van der Waals surface area contributed by atoms with Gasteiger partial charge in [-0.3, -0.25) is 10.4 Å². The van der Waals surface area contributed by atoms with Crippen molar-refractivity contribution in [1.29, 1.82) is 0 Å². The Balaban J connectivity index is 2.11. The quantitative estimate of drug-likeness (QED) is 0.537. The highest BCUT2D eigenvalue weighted by Gasteiger charge is 2.05. The molecule has 0 spiro atoms. The summed E-state index contributed by atoms with van der Waals surface area (Å²) in [5, 5.41) is 3.71. The molecule has 14 heavy (non-hydrogen) atoms. The number of nitrogens with two attached hydrogens (primary N) is 1. The first kappa shape index (κ1) is 8.64. The molecule has 0 unspecified atom stereocenters. The molecular weight excluding hydrogens is 182 g/mol. The summed E-state index contributed by atoms with van der Waals surface area (Å²) in [6, 6.07) is 5.86. The van der Waals surface area contributed by atoms with Crippen LogP contribution in [-0.4, -0.2) is 15.1 Å².